The Bertz CT molecular complexity index is 518. The monoisotopic (exact) mass is 346 g/mol. The number of nitrogens with one attached hydrogen (secondary N) is 2. The van der Waals surface area contributed by atoms with E-state index in [0.29, 0.717) is 6.54 Å². The van der Waals surface area contributed by atoms with Crippen LogP contribution in [0.2, 0.25) is 0 Å². The minimum absolute atomic E-state index is 0. The minimum Gasteiger partial charge on any atom is -0.316 e. The fourth-order valence-electron chi connectivity index (χ4n) is 1.55. The van der Waals surface area contributed by atoms with Crippen LogP contribution < -0.4 is 10.0 Å². The van der Waals surface area contributed by atoms with E-state index in [1.54, 1.807) is 0 Å². The molecule has 0 atom stereocenters. The molecule has 0 aromatic heterocycles. The van der Waals surface area contributed by atoms with Crippen molar-refractivity contribution in [3.8, 4) is 0 Å². The highest BCUT2D eigenvalue weighted by atomic mass is 35.5. The lowest BCUT2D eigenvalue weighted by Crippen LogP contribution is -2.31. The second-order valence-corrected chi connectivity index (χ2v) is 5.95. The van der Waals surface area contributed by atoms with Crippen LogP contribution in [0.4, 0.5) is 13.2 Å². The summed E-state index contributed by atoms with van der Waals surface area (Å²) in [6.07, 6.45) is -5.37. The summed E-state index contributed by atoms with van der Waals surface area (Å²) in [5.74, 6) is 0. The maximum absolute atomic E-state index is 12.2. The Morgan fingerprint density at radius 1 is 1.10 bits per heavy atom. The standard InChI is InChI=1S/C12H17F3N2O2S.ClH/c1-2-16-7-8-17-20(18,19)11-5-3-10(4-6-11)9-12(13,14)15;/h3-6,16-17H,2,7-9H2,1H3;1H. The molecule has 0 amide bonds. The van der Waals surface area contributed by atoms with E-state index in [2.05, 4.69) is 10.0 Å². The summed E-state index contributed by atoms with van der Waals surface area (Å²) < 4.78 is 62.6. The Morgan fingerprint density at radius 3 is 2.14 bits per heavy atom. The lowest BCUT2D eigenvalue weighted by atomic mass is 10.1. The molecule has 0 bridgehead atoms. The number of halogens is 4. The molecule has 0 saturated heterocycles. The Morgan fingerprint density at radius 2 is 1.67 bits per heavy atom. The fraction of sp³-hybridized carbons (Fsp3) is 0.500. The highest BCUT2D eigenvalue weighted by Gasteiger charge is 2.27. The number of hydrogen-bond donors (Lipinski definition) is 2. The van der Waals surface area contributed by atoms with Crippen LogP contribution in [0.15, 0.2) is 29.2 Å². The Labute approximate surface area is 128 Å². The highest BCUT2D eigenvalue weighted by molar-refractivity contribution is 7.89. The molecule has 0 aliphatic carbocycles. The molecule has 0 heterocycles. The van der Waals surface area contributed by atoms with E-state index in [0.717, 1.165) is 6.54 Å². The van der Waals surface area contributed by atoms with Crippen LogP contribution >= 0.6 is 12.4 Å². The van der Waals surface area contributed by atoms with Crippen molar-refractivity contribution in [1.82, 2.24) is 10.0 Å². The lowest BCUT2D eigenvalue weighted by Gasteiger charge is -2.09. The predicted octanol–water partition coefficient (Wildman–Crippen LogP) is 2.10. The zero-order valence-corrected chi connectivity index (χ0v) is 13.0. The number of benzene rings is 1. The molecular weight excluding hydrogens is 329 g/mol. The molecule has 21 heavy (non-hydrogen) atoms. The van der Waals surface area contributed by atoms with E-state index < -0.39 is 22.6 Å². The number of hydrogen-bond acceptors (Lipinski definition) is 3. The second kappa shape index (κ2) is 8.57. The second-order valence-electron chi connectivity index (χ2n) is 4.19. The average Bonchev–Trinajstić information content (AvgIpc) is 2.33. The van der Waals surface area contributed by atoms with Crippen LogP contribution in [-0.2, 0) is 16.4 Å². The Kier molecular flexibility index (Phi) is 8.23. The van der Waals surface area contributed by atoms with Gasteiger partial charge in [0.05, 0.1) is 11.3 Å². The average molecular weight is 347 g/mol. The van der Waals surface area contributed by atoms with Crippen molar-refractivity contribution < 1.29 is 21.6 Å². The first-order chi connectivity index (χ1) is 9.24. The number of sulfonamides is 1. The van der Waals surface area contributed by atoms with Crippen molar-refractivity contribution in [3.63, 3.8) is 0 Å². The van der Waals surface area contributed by atoms with Crippen molar-refractivity contribution in [1.29, 1.82) is 0 Å². The fourth-order valence-corrected chi connectivity index (χ4v) is 2.58. The molecule has 0 aliphatic rings. The van der Waals surface area contributed by atoms with Crippen molar-refractivity contribution in [2.24, 2.45) is 0 Å². The molecule has 0 aliphatic heterocycles. The van der Waals surface area contributed by atoms with Gasteiger partial charge in [0.15, 0.2) is 0 Å². The third-order valence-corrected chi connectivity index (χ3v) is 3.96. The first kappa shape index (κ1) is 20.2. The summed E-state index contributed by atoms with van der Waals surface area (Å²) in [4.78, 5) is -0.0417. The largest absolute Gasteiger partial charge is 0.393 e. The lowest BCUT2D eigenvalue weighted by molar-refractivity contribution is -0.127. The van der Waals surface area contributed by atoms with E-state index in [1.807, 2.05) is 6.92 Å². The number of likely N-dealkylation sites (N-methyl/N-ethyl adjacent to an activating group) is 1. The van der Waals surface area contributed by atoms with Gasteiger partial charge in [-0.05, 0) is 24.2 Å². The summed E-state index contributed by atoms with van der Waals surface area (Å²) >= 11 is 0. The minimum atomic E-state index is -4.30. The van der Waals surface area contributed by atoms with E-state index >= 15 is 0 Å². The van der Waals surface area contributed by atoms with E-state index in [1.165, 1.54) is 24.3 Å². The van der Waals surface area contributed by atoms with Crippen LogP contribution in [0.5, 0.6) is 0 Å². The van der Waals surface area contributed by atoms with Crippen LogP contribution in [0.25, 0.3) is 0 Å². The molecule has 1 rings (SSSR count). The van der Waals surface area contributed by atoms with Crippen LogP contribution in [0, 0.1) is 0 Å². The third kappa shape index (κ3) is 7.66. The first-order valence-corrected chi connectivity index (χ1v) is 7.59. The topological polar surface area (TPSA) is 58.2 Å². The molecule has 0 radical (unpaired) electrons. The summed E-state index contributed by atoms with van der Waals surface area (Å²) in [5, 5.41) is 2.96. The molecule has 1 aromatic carbocycles. The van der Waals surface area contributed by atoms with E-state index in [-0.39, 0.29) is 29.4 Å². The van der Waals surface area contributed by atoms with Crippen LogP contribution in [0.3, 0.4) is 0 Å². The van der Waals surface area contributed by atoms with E-state index in [4.69, 9.17) is 0 Å². The summed E-state index contributed by atoms with van der Waals surface area (Å²) in [6.45, 7) is 3.34. The van der Waals surface area contributed by atoms with Crippen LogP contribution in [0.1, 0.15) is 12.5 Å². The summed E-state index contributed by atoms with van der Waals surface area (Å²) in [6, 6.07) is 4.70. The summed E-state index contributed by atoms with van der Waals surface area (Å²) in [5.41, 5.74) is 0.0316. The number of alkyl halides is 3. The highest BCUT2D eigenvalue weighted by Crippen LogP contribution is 2.22. The SMILES string of the molecule is CCNCCNS(=O)(=O)c1ccc(CC(F)(F)F)cc1.Cl. The third-order valence-electron chi connectivity index (χ3n) is 2.48. The smallest absolute Gasteiger partial charge is 0.316 e. The van der Waals surface area contributed by atoms with Gasteiger partial charge in [-0.1, -0.05) is 19.1 Å². The van der Waals surface area contributed by atoms with Crippen molar-refractivity contribution in [2.45, 2.75) is 24.4 Å². The van der Waals surface area contributed by atoms with Gasteiger partial charge in [0.1, 0.15) is 0 Å². The Hall–Kier alpha value is -0.830. The maximum atomic E-state index is 12.2. The van der Waals surface area contributed by atoms with Crippen molar-refractivity contribution in [3.05, 3.63) is 29.8 Å². The molecule has 1 aromatic rings. The van der Waals surface area contributed by atoms with Gasteiger partial charge in [0, 0.05) is 13.1 Å². The van der Waals surface area contributed by atoms with Gasteiger partial charge in [-0.3, -0.25) is 0 Å². The van der Waals surface area contributed by atoms with Gasteiger partial charge in [-0.15, -0.1) is 12.4 Å². The Balaban J connectivity index is 0.00000400. The van der Waals surface area contributed by atoms with Gasteiger partial charge in [0.25, 0.3) is 0 Å². The summed E-state index contributed by atoms with van der Waals surface area (Å²) in [7, 11) is -3.67. The molecule has 4 nitrogen and oxygen atoms in total. The molecule has 0 fully saturated rings. The molecule has 9 heteroatoms. The van der Waals surface area contributed by atoms with Gasteiger partial charge >= 0.3 is 6.18 Å². The van der Waals surface area contributed by atoms with Crippen molar-refractivity contribution in [2.75, 3.05) is 19.6 Å². The molecular formula is C12H18ClF3N2O2S. The predicted molar refractivity (Wildman–Crippen MR) is 77.2 cm³/mol. The van der Waals surface area contributed by atoms with Gasteiger partial charge in [-0.25, -0.2) is 13.1 Å². The molecule has 0 unspecified atom stereocenters. The van der Waals surface area contributed by atoms with Gasteiger partial charge in [-0.2, -0.15) is 13.2 Å². The molecule has 2 N–H and O–H groups in total. The van der Waals surface area contributed by atoms with Gasteiger partial charge in [0.2, 0.25) is 10.0 Å². The quantitative estimate of drug-likeness (QED) is 0.743. The number of rotatable bonds is 7. The zero-order valence-electron chi connectivity index (χ0n) is 11.4. The first-order valence-electron chi connectivity index (χ1n) is 6.10. The van der Waals surface area contributed by atoms with E-state index in [9.17, 15) is 21.6 Å². The molecule has 0 spiro atoms. The normalized spacial score (nSPS) is 12.0. The molecule has 0 saturated carbocycles. The molecule has 122 valence electrons. The van der Waals surface area contributed by atoms with Crippen molar-refractivity contribution >= 4 is 22.4 Å². The van der Waals surface area contributed by atoms with Crippen LogP contribution in [-0.4, -0.2) is 34.2 Å². The maximum Gasteiger partial charge on any atom is 0.393 e. The van der Waals surface area contributed by atoms with Gasteiger partial charge < -0.3 is 5.32 Å². The zero-order chi connectivity index (χ0) is 15.2.